The second-order valence-electron chi connectivity index (χ2n) is 5.81. The normalized spacial score (nSPS) is 10.3. The number of nitrogens with zero attached hydrogens (tertiary/aromatic N) is 1. The summed E-state index contributed by atoms with van der Waals surface area (Å²) in [6.45, 7) is 7.59. The lowest BCUT2D eigenvalue weighted by Gasteiger charge is -2.20. The molecule has 1 N–H and O–H groups in total. The monoisotopic (exact) mass is 418 g/mol. The quantitative estimate of drug-likeness (QED) is 0.676. The minimum Gasteiger partial charge on any atom is -0.452 e. The van der Waals surface area contributed by atoms with Crippen LogP contribution in [0.25, 0.3) is 0 Å². The van der Waals surface area contributed by atoms with Gasteiger partial charge in [0.05, 0.1) is 5.56 Å². The summed E-state index contributed by atoms with van der Waals surface area (Å²) >= 11 is 3.41. The molecule has 0 unspecified atom stereocenters. The first kappa shape index (κ1) is 20.0. The Bertz CT molecular complexity index is 771. The molecule has 2 aromatic carbocycles. The van der Waals surface area contributed by atoms with Gasteiger partial charge in [-0.25, -0.2) is 4.79 Å². The Labute approximate surface area is 162 Å². The molecule has 138 valence electrons. The maximum absolute atomic E-state index is 12.1. The van der Waals surface area contributed by atoms with Gasteiger partial charge in [-0.3, -0.25) is 4.79 Å². The fraction of sp³-hybridized carbons (Fsp3) is 0.300. The Kier molecular flexibility index (Phi) is 7.21. The summed E-state index contributed by atoms with van der Waals surface area (Å²) in [5, 5.41) is 2.70. The van der Waals surface area contributed by atoms with E-state index in [1.165, 1.54) is 0 Å². The number of hydrogen-bond acceptors (Lipinski definition) is 4. The van der Waals surface area contributed by atoms with Crippen LogP contribution in [0.5, 0.6) is 0 Å². The summed E-state index contributed by atoms with van der Waals surface area (Å²) in [5.41, 5.74) is 3.19. The molecule has 6 heteroatoms. The minimum absolute atomic E-state index is 0.331. The van der Waals surface area contributed by atoms with Crippen LogP contribution >= 0.6 is 15.9 Å². The molecule has 0 saturated heterocycles. The van der Waals surface area contributed by atoms with Crippen LogP contribution in [0, 0.1) is 6.92 Å². The van der Waals surface area contributed by atoms with E-state index in [0.29, 0.717) is 11.3 Å². The van der Waals surface area contributed by atoms with E-state index in [9.17, 15) is 9.59 Å². The number of esters is 1. The van der Waals surface area contributed by atoms with Crippen LogP contribution in [-0.2, 0) is 9.53 Å². The van der Waals surface area contributed by atoms with Crippen molar-refractivity contribution < 1.29 is 14.3 Å². The number of carbonyl (C=O) groups is 2. The molecule has 0 atom stereocenters. The van der Waals surface area contributed by atoms with Gasteiger partial charge in [-0.2, -0.15) is 0 Å². The Hall–Kier alpha value is -2.34. The van der Waals surface area contributed by atoms with Crippen molar-refractivity contribution in [1.29, 1.82) is 0 Å². The van der Waals surface area contributed by atoms with E-state index in [4.69, 9.17) is 4.74 Å². The van der Waals surface area contributed by atoms with Crippen LogP contribution in [0.2, 0.25) is 0 Å². The van der Waals surface area contributed by atoms with Gasteiger partial charge in [0.1, 0.15) is 0 Å². The summed E-state index contributed by atoms with van der Waals surface area (Å²) in [5.74, 6) is -0.898. The standard InChI is InChI=1S/C20H23BrN2O3/c1-4-23(5-2)17-10-7-15(8-11-17)20(25)26-13-19(24)22-16-9-6-14(3)18(21)12-16/h6-12H,4-5,13H2,1-3H3,(H,22,24). The largest absolute Gasteiger partial charge is 0.452 e. The second-order valence-corrected chi connectivity index (χ2v) is 6.66. The average molecular weight is 419 g/mol. The van der Waals surface area contributed by atoms with E-state index in [0.717, 1.165) is 28.8 Å². The van der Waals surface area contributed by atoms with Crippen LogP contribution in [0.1, 0.15) is 29.8 Å². The predicted molar refractivity (Wildman–Crippen MR) is 108 cm³/mol. The third-order valence-electron chi connectivity index (χ3n) is 4.02. The number of benzene rings is 2. The molecule has 1 amide bonds. The summed E-state index contributed by atoms with van der Waals surface area (Å²) in [6.07, 6.45) is 0. The molecular formula is C20H23BrN2O3. The topological polar surface area (TPSA) is 58.6 Å². The first-order valence-corrected chi connectivity index (χ1v) is 9.32. The highest BCUT2D eigenvalue weighted by Gasteiger charge is 2.11. The molecule has 0 spiro atoms. The van der Waals surface area contributed by atoms with Crippen molar-refractivity contribution in [3.63, 3.8) is 0 Å². The van der Waals surface area contributed by atoms with E-state index >= 15 is 0 Å². The zero-order valence-electron chi connectivity index (χ0n) is 15.2. The van der Waals surface area contributed by atoms with Gasteiger partial charge in [0, 0.05) is 28.9 Å². The third-order valence-corrected chi connectivity index (χ3v) is 4.88. The number of nitrogens with one attached hydrogen (secondary N) is 1. The van der Waals surface area contributed by atoms with Crippen LogP contribution in [-0.4, -0.2) is 31.6 Å². The Morgan fingerprint density at radius 3 is 2.31 bits per heavy atom. The van der Waals surface area contributed by atoms with Gasteiger partial charge in [0.2, 0.25) is 0 Å². The highest BCUT2D eigenvalue weighted by Crippen LogP contribution is 2.20. The number of amides is 1. The molecular weight excluding hydrogens is 396 g/mol. The van der Waals surface area contributed by atoms with Crippen molar-refractivity contribution in [2.75, 3.05) is 29.9 Å². The van der Waals surface area contributed by atoms with Crippen molar-refractivity contribution in [2.24, 2.45) is 0 Å². The van der Waals surface area contributed by atoms with Gasteiger partial charge >= 0.3 is 5.97 Å². The van der Waals surface area contributed by atoms with Crippen LogP contribution in [0.15, 0.2) is 46.9 Å². The molecule has 2 aromatic rings. The van der Waals surface area contributed by atoms with Crippen molar-refractivity contribution in [1.82, 2.24) is 0 Å². The molecule has 0 aliphatic heterocycles. The Morgan fingerprint density at radius 2 is 1.73 bits per heavy atom. The fourth-order valence-corrected chi connectivity index (χ4v) is 2.86. The van der Waals surface area contributed by atoms with Crippen LogP contribution in [0.4, 0.5) is 11.4 Å². The summed E-state index contributed by atoms with van der Waals surface area (Å²) < 4.78 is 6.00. The van der Waals surface area contributed by atoms with Gasteiger partial charge in [-0.05, 0) is 62.7 Å². The van der Waals surface area contributed by atoms with Crippen molar-refractivity contribution in [2.45, 2.75) is 20.8 Å². The first-order chi connectivity index (χ1) is 12.4. The maximum Gasteiger partial charge on any atom is 0.338 e. The molecule has 0 saturated carbocycles. The zero-order valence-corrected chi connectivity index (χ0v) is 16.8. The molecule has 0 radical (unpaired) electrons. The third kappa shape index (κ3) is 5.33. The number of aryl methyl sites for hydroxylation is 1. The summed E-state index contributed by atoms with van der Waals surface area (Å²) in [7, 11) is 0. The van der Waals surface area contributed by atoms with E-state index in [1.807, 2.05) is 25.1 Å². The summed E-state index contributed by atoms with van der Waals surface area (Å²) in [6, 6.07) is 12.7. The molecule has 0 fully saturated rings. The molecule has 0 bridgehead atoms. The smallest absolute Gasteiger partial charge is 0.338 e. The molecule has 26 heavy (non-hydrogen) atoms. The number of carbonyl (C=O) groups excluding carboxylic acids is 2. The van der Waals surface area contributed by atoms with Gasteiger partial charge < -0.3 is 15.0 Å². The van der Waals surface area contributed by atoms with E-state index < -0.39 is 5.97 Å². The minimum atomic E-state index is -0.517. The predicted octanol–water partition coefficient (Wildman–Crippen LogP) is 4.40. The van der Waals surface area contributed by atoms with E-state index in [-0.39, 0.29) is 12.5 Å². The number of anilines is 2. The first-order valence-electron chi connectivity index (χ1n) is 8.52. The van der Waals surface area contributed by atoms with Crippen LogP contribution < -0.4 is 10.2 Å². The lowest BCUT2D eigenvalue weighted by atomic mass is 10.2. The zero-order chi connectivity index (χ0) is 19.1. The number of hydrogen-bond donors (Lipinski definition) is 1. The lowest BCUT2D eigenvalue weighted by molar-refractivity contribution is -0.119. The van der Waals surface area contributed by atoms with Gasteiger partial charge in [0.25, 0.3) is 5.91 Å². The fourth-order valence-electron chi connectivity index (χ4n) is 2.48. The number of halogens is 1. The van der Waals surface area contributed by atoms with Gasteiger partial charge in [0.15, 0.2) is 6.61 Å². The molecule has 0 aliphatic carbocycles. The SMILES string of the molecule is CCN(CC)c1ccc(C(=O)OCC(=O)Nc2ccc(C)c(Br)c2)cc1. The van der Waals surface area contributed by atoms with Gasteiger partial charge in [-0.15, -0.1) is 0 Å². The Morgan fingerprint density at radius 1 is 1.08 bits per heavy atom. The highest BCUT2D eigenvalue weighted by atomic mass is 79.9. The van der Waals surface area contributed by atoms with Crippen molar-refractivity contribution >= 4 is 39.2 Å². The van der Waals surface area contributed by atoms with Gasteiger partial charge in [-0.1, -0.05) is 22.0 Å². The van der Waals surface area contributed by atoms with Crippen LogP contribution in [0.3, 0.4) is 0 Å². The maximum atomic E-state index is 12.1. The molecule has 5 nitrogen and oxygen atoms in total. The second kappa shape index (κ2) is 9.38. The highest BCUT2D eigenvalue weighted by molar-refractivity contribution is 9.10. The molecule has 0 aliphatic rings. The lowest BCUT2D eigenvalue weighted by Crippen LogP contribution is -2.22. The van der Waals surface area contributed by atoms with E-state index in [2.05, 4.69) is 40.0 Å². The summed E-state index contributed by atoms with van der Waals surface area (Å²) in [4.78, 5) is 26.2. The van der Waals surface area contributed by atoms with Crippen molar-refractivity contribution in [3.05, 3.63) is 58.1 Å². The van der Waals surface area contributed by atoms with Crippen molar-refractivity contribution in [3.8, 4) is 0 Å². The molecule has 0 heterocycles. The average Bonchev–Trinajstić information content (AvgIpc) is 2.64. The number of rotatable bonds is 7. The molecule has 2 rings (SSSR count). The Balaban J connectivity index is 1.89. The molecule has 0 aromatic heterocycles. The number of ether oxygens (including phenoxy) is 1. The van der Waals surface area contributed by atoms with E-state index in [1.54, 1.807) is 24.3 Å².